The summed E-state index contributed by atoms with van der Waals surface area (Å²) in [6, 6.07) is 11.3. The highest BCUT2D eigenvalue weighted by Crippen LogP contribution is 2.18. The molecule has 0 radical (unpaired) electrons. The van der Waals surface area contributed by atoms with Crippen LogP contribution in [0.1, 0.15) is 34.7 Å². The zero-order valence-electron chi connectivity index (χ0n) is 10.00. The van der Waals surface area contributed by atoms with E-state index in [4.69, 9.17) is 14.3 Å². The van der Waals surface area contributed by atoms with Crippen LogP contribution in [0.2, 0.25) is 0 Å². The van der Waals surface area contributed by atoms with E-state index >= 15 is 0 Å². The van der Waals surface area contributed by atoms with Crippen LogP contribution in [0.15, 0.2) is 47.1 Å². The lowest BCUT2D eigenvalue weighted by molar-refractivity contribution is 0.0420. The Morgan fingerprint density at radius 3 is 2.72 bits per heavy atom. The second kappa shape index (κ2) is 5.51. The van der Waals surface area contributed by atoms with E-state index in [9.17, 15) is 4.79 Å². The van der Waals surface area contributed by atoms with Gasteiger partial charge in [0.1, 0.15) is 18.6 Å². The van der Waals surface area contributed by atoms with E-state index in [2.05, 4.69) is 0 Å². The molecule has 0 bridgehead atoms. The summed E-state index contributed by atoms with van der Waals surface area (Å²) in [7, 11) is 0. The number of rotatable bonds is 5. The Labute approximate surface area is 105 Å². The highest BCUT2D eigenvalue weighted by atomic mass is 16.5. The zero-order chi connectivity index (χ0) is 13.0. The van der Waals surface area contributed by atoms with Gasteiger partial charge in [0.2, 0.25) is 0 Å². The van der Waals surface area contributed by atoms with Crippen molar-refractivity contribution in [1.29, 1.82) is 0 Å². The number of carboxylic acid groups (broad SMARTS) is 1. The van der Waals surface area contributed by atoms with Gasteiger partial charge in [-0.05, 0) is 18.6 Å². The predicted molar refractivity (Wildman–Crippen MR) is 65.3 cm³/mol. The molecule has 0 aliphatic heterocycles. The molecule has 1 unspecified atom stereocenters. The molecule has 4 heteroatoms. The standard InChI is InChI=1S/C14H14O4/c1-10(11-5-3-2-4-6-11)17-9-13-7-12(8-18-13)14(15)16/h2-8,10H,9H2,1H3,(H,15,16). The second-order valence-corrected chi connectivity index (χ2v) is 3.97. The molecule has 0 spiro atoms. The molecular weight excluding hydrogens is 232 g/mol. The molecule has 0 amide bonds. The number of hydrogen-bond donors (Lipinski definition) is 1. The third kappa shape index (κ3) is 2.99. The van der Waals surface area contributed by atoms with Gasteiger partial charge in [-0.3, -0.25) is 0 Å². The van der Waals surface area contributed by atoms with Crippen molar-refractivity contribution >= 4 is 5.97 Å². The smallest absolute Gasteiger partial charge is 0.338 e. The Balaban J connectivity index is 1.93. The Morgan fingerprint density at radius 2 is 2.11 bits per heavy atom. The quantitative estimate of drug-likeness (QED) is 0.879. The van der Waals surface area contributed by atoms with Crippen molar-refractivity contribution in [1.82, 2.24) is 0 Å². The van der Waals surface area contributed by atoms with Crippen molar-refractivity contribution in [3.63, 3.8) is 0 Å². The van der Waals surface area contributed by atoms with Crippen LogP contribution in [0.3, 0.4) is 0 Å². The summed E-state index contributed by atoms with van der Waals surface area (Å²) in [5, 5.41) is 8.75. The van der Waals surface area contributed by atoms with E-state index in [0.29, 0.717) is 5.76 Å². The van der Waals surface area contributed by atoms with Crippen molar-refractivity contribution in [3.05, 3.63) is 59.5 Å². The van der Waals surface area contributed by atoms with Crippen LogP contribution < -0.4 is 0 Å². The fourth-order valence-corrected chi connectivity index (χ4v) is 1.60. The molecule has 94 valence electrons. The summed E-state index contributed by atoms with van der Waals surface area (Å²) in [6.07, 6.45) is 1.15. The van der Waals surface area contributed by atoms with Crippen LogP contribution in [0.25, 0.3) is 0 Å². The minimum atomic E-state index is -0.999. The monoisotopic (exact) mass is 246 g/mol. The molecule has 0 saturated carbocycles. The first-order chi connectivity index (χ1) is 8.66. The summed E-state index contributed by atoms with van der Waals surface area (Å²) in [5.74, 6) is -0.490. The lowest BCUT2D eigenvalue weighted by Gasteiger charge is -2.11. The normalized spacial score (nSPS) is 12.3. The summed E-state index contributed by atoms with van der Waals surface area (Å²) < 4.78 is 10.7. The lowest BCUT2D eigenvalue weighted by Crippen LogP contribution is -1.99. The number of benzene rings is 1. The number of ether oxygens (including phenoxy) is 1. The first kappa shape index (κ1) is 12.4. The Kier molecular flexibility index (Phi) is 3.79. The van der Waals surface area contributed by atoms with E-state index in [0.717, 1.165) is 5.56 Å². The van der Waals surface area contributed by atoms with Gasteiger partial charge in [-0.2, -0.15) is 0 Å². The van der Waals surface area contributed by atoms with Crippen molar-refractivity contribution in [2.24, 2.45) is 0 Å². The van der Waals surface area contributed by atoms with E-state index in [-0.39, 0.29) is 18.3 Å². The molecule has 1 atom stereocenters. The molecule has 0 aliphatic rings. The van der Waals surface area contributed by atoms with Crippen molar-refractivity contribution < 1.29 is 19.1 Å². The lowest BCUT2D eigenvalue weighted by atomic mass is 10.1. The molecule has 0 aliphatic carbocycles. The maximum atomic E-state index is 10.7. The fraction of sp³-hybridized carbons (Fsp3) is 0.214. The van der Waals surface area contributed by atoms with Crippen LogP contribution in [0, 0.1) is 0 Å². The number of furan rings is 1. The van der Waals surface area contributed by atoms with Crippen LogP contribution in [-0.2, 0) is 11.3 Å². The third-order valence-corrected chi connectivity index (χ3v) is 2.65. The Hall–Kier alpha value is -2.07. The molecule has 1 aromatic heterocycles. The van der Waals surface area contributed by atoms with E-state index in [1.54, 1.807) is 0 Å². The van der Waals surface area contributed by atoms with Crippen molar-refractivity contribution in [3.8, 4) is 0 Å². The summed E-state index contributed by atoms with van der Waals surface area (Å²) in [4.78, 5) is 10.7. The first-order valence-corrected chi connectivity index (χ1v) is 5.64. The molecule has 2 rings (SSSR count). The van der Waals surface area contributed by atoms with Gasteiger partial charge < -0.3 is 14.3 Å². The zero-order valence-corrected chi connectivity index (χ0v) is 10.00. The Morgan fingerprint density at radius 1 is 1.39 bits per heavy atom. The van der Waals surface area contributed by atoms with Gasteiger partial charge >= 0.3 is 5.97 Å². The van der Waals surface area contributed by atoms with Crippen LogP contribution in [0.5, 0.6) is 0 Å². The SMILES string of the molecule is CC(OCc1cc(C(=O)O)co1)c1ccccc1. The van der Waals surface area contributed by atoms with Crippen molar-refractivity contribution in [2.75, 3.05) is 0 Å². The number of aromatic carboxylic acids is 1. The fourth-order valence-electron chi connectivity index (χ4n) is 1.60. The van der Waals surface area contributed by atoms with E-state index in [1.807, 2.05) is 37.3 Å². The van der Waals surface area contributed by atoms with Gasteiger partial charge in [-0.1, -0.05) is 30.3 Å². The summed E-state index contributed by atoms with van der Waals surface area (Å²) >= 11 is 0. The highest BCUT2D eigenvalue weighted by Gasteiger charge is 2.10. The molecule has 2 aromatic rings. The number of hydrogen-bond acceptors (Lipinski definition) is 3. The largest absolute Gasteiger partial charge is 0.478 e. The highest BCUT2D eigenvalue weighted by molar-refractivity contribution is 5.87. The first-order valence-electron chi connectivity index (χ1n) is 5.64. The van der Waals surface area contributed by atoms with Gasteiger partial charge in [-0.15, -0.1) is 0 Å². The maximum absolute atomic E-state index is 10.7. The molecule has 0 fully saturated rings. The minimum Gasteiger partial charge on any atom is -0.478 e. The molecule has 1 aromatic carbocycles. The van der Waals surface area contributed by atoms with E-state index < -0.39 is 5.97 Å². The molecule has 4 nitrogen and oxygen atoms in total. The molecule has 1 N–H and O–H groups in total. The maximum Gasteiger partial charge on any atom is 0.338 e. The average Bonchev–Trinajstić information content (AvgIpc) is 2.86. The third-order valence-electron chi connectivity index (χ3n) is 2.65. The molecule has 0 saturated heterocycles. The van der Waals surface area contributed by atoms with Crippen LogP contribution >= 0.6 is 0 Å². The van der Waals surface area contributed by atoms with Gasteiger partial charge in [0.25, 0.3) is 0 Å². The van der Waals surface area contributed by atoms with Crippen LogP contribution in [0.4, 0.5) is 0 Å². The van der Waals surface area contributed by atoms with Gasteiger partial charge in [0.05, 0.1) is 11.7 Å². The van der Waals surface area contributed by atoms with Crippen molar-refractivity contribution in [2.45, 2.75) is 19.6 Å². The summed E-state index contributed by atoms with van der Waals surface area (Å²) in [5.41, 5.74) is 1.21. The van der Waals surface area contributed by atoms with Gasteiger partial charge in [-0.25, -0.2) is 4.79 Å². The number of carbonyl (C=O) groups is 1. The minimum absolute atomic E-state index is 0.0652. The predicted octanol–water partition coefficient (Wildman–Crippen LogP) is 3.26. The second-order valence-electron chi connectivity index (χ2n) is 3.97. The van der Waals surface area contributed by atoms with Gasteiger partial charge in [0.15, 0.2) is 0 Å². The molecule has 1 heterocycles. The molecular formula is C14H14O4. The number of carboxylic acids is 1. The summed E-state index contributed by atoms with van der Waals surface area (Å²) in [6.45, 7) is 2.19. The molecule has 18 heavy (non-hydrogen) atoms. The van der Waals surface area contributed by atoms with Crippen LogP contribution in [-0.4, -0.2) is 11.1 Å². The average molecular weight is 246 g/mol. The topological polar surface area (TPSA) is 59.7 Å². The van der Waals surface area contributed by atoms with E-state index in [1.165, 1.54) is 12.3 Å². The Bertz CT molecular complexity index is 516. The van der Waals surface area contributed by atoms with Gasteiger partial charge in [0, 0.05) is 0 Å².